The van der Waals surface area contributed by atoms with Gasteiger partial charge in [-0.25, -0.2) is 4.98 Å². The smallest absolute Gasteiger partial charge is 0.406 e. The number of hydrogen-bond acceptors (Lipinski definition) is 5. The van der Waals surface area contributed by atoms with E-state index in [0.29, 0.717) is 29.9 Å². The molecular formula is C22H29F3N4O2S. The molecule has 2 rings (SSSR count). The zero-order chi connectivity index (χ0) is 23.7. The van der Waals surface area contributed by atoms with Gasteiger partial charge in [0, 0.05) is 19.2 Å². The summed E-state index contributed by atoms with van der Waals surface area (Å²) in [4.78, 5) is 19.7. The largest absolute Gasteiger partial charge is 0.573 e. The third-order valence-electron chi connectivity index (χ3n) is 4.63. The summed E-state index contributed by atoms with van der Waals surface area (Å²) in [6, 6.07) is 6.87. The normalized spacial score (nSPS) is 12.5. The number of hydrogen-bond donors (Lipinski definition) is 3. The number of aromatic amines is 1. The number of aromatic nitrogens is 2. The van der Waals surface area contributed by atoms with Gasteiger partial charge in [0.05, 0.1) is 0 Å². The van der Waals surface area contributed by atoms with E-state index in [9.17, 15) is 18.0 Å². The Bertz CT molecular complexity index is 947. The van der Waals surface area contributed by atoms with Crippen LogP contribution in [0.4, 0.5) is 19.1 Å². The molecule has 1 aromatic carbocycles. The average Bonchev–Trinajstić information content (AvgIpc) is 2.68. The van der Waals surface area contributed by atoms with Crippen LogP contribution in [0.15, 0.2) is 30.3 Å². The Balaban J connectivity index is 2.01. The molecule has 0 aliphatic rings. The van der Waals surface area contributed by atoms with Crippen molar-refractivity contribution in [3.8, 4) is 5.75 Å². The fourth-order valence-corrected chi connectivity index (χ4v) is 3.62. The number of nitrogens with zero attached hydrogens (tertiary/aromatic N) is 1. The summed E-state index contributed by atoms with van der Waals surface area (Å²) in [5.41, 5.74) is 0.674. The molecule has 1 amide bonds. The Morgan fingerprint density at radius 2 is 2.03 bits per heavy atom. The van der Waals surface area contributed by atoms with Gasteiger partial charge in [-0.15, -0.1) is 13.2 Å². The first-order chi connectivity index (χ1) is 15.1. The molecule has 32 heavy (non-hydrogen) atoms. The van der Waals surface area contributed by atoms with E-state index in [2.05, 4.69) is 46.1 Å². The molecular weight excluding hydrogens is 441 g/mol. The third kappa shape index (κ3) is 9.25. The van der Waals surface area contributed by atoms with Crippen molar-refractivity contribution in [3.63, 3.8) is 0 Å². The number of alkyl halides is 3. The maximum atomic E-state index is 12.6. The van der Waals surface area contributed by atoms with Crippen LogP contribution in [0.5, 0.6) is 5.75 Å². The Hall–Kier alpha value is -2.62. The summed E-state index contributed by atoms with van der Waals surface area (Å²) in [5, 5.41) is 5.90. The second kappa shape index (κ2) is 11.8. The lowest BCUT2D eigenvalue weighted by molar-refractivity contribution is -0.274. The number of anilines is 1. The summed E-state index contributed by atoms with van der Waals surface area (Å²) in [6.07, 6.45) is -1.52. The van der Waals surface area contributed by atoms with E-state index >= 15 is 0 Å². The number of ether oxygens (including phenoxy) is 1. The number of nitrogens with one attached hydrogen (secondary N) is 3. The third-order valence-corrected chi connectivity index (χ3v) is 4.84. The monoisotopic (exact) mass is 470 g/mol. The topological polar surface area (TPSA) is 79.0 Å². The number of carbonyl (C=O) groups excluding carboxylic acids is 1. The maximum Gasteiger partial charge on any atom is 0.573 e. The Labute approximate surface area is 191 Å². The molecule has 0 aliphatic heterocycles. The van der Waals surface area contributed by atoms with E-state index in [1.165, 1.54) is 24.3 Å². The molecule has 1 unspecified atom stereocenters. The standard InChI is InChI=1S/C22H29F3N4O2S/c1-4-6-15(9-14(2)3)13-27-21-28-18(11-19(32)29-21)20(30)26-12-16-7-5-8-17(10-16)31-22(23,24)25/h5,7-8,10-11,14-15H,4,6,9,12-13H2,1-3H3,(H,26,30)(H2,27,28,29,32). The number of amides is 1. The van der Waals surface area contributed by atoms with Crippen LogP contribution < -0.4 is 15.4 Å². The summed E-state index contributed by atoms with van der Waals surface area (Å²) >= 11 is 5.18. The van der Waals surface area contributed by atoms with Crippen LogP contribution in [-0.4, -0.2) is 28.8 Å². The Morgan fingerprint density at radius 3 is 2.69 bits per heavy atom. The molecule has 0 spiro atoms. The van der Waals surface area contributed by atoms with Gasteiger partial charge in [-0.2, -0.15) is 0 Å². The average molecular weight is 471 g/mol. The van der Waals surface area contributed by atoms with Crippen LogP contribution in [0.1, 0.15) is 56.1 Å². The van der Waals surface area contributed by atoms with Crippen molar-refractivity contribution in [2.24, 2.45) is 11.8 Å². The highest BCUT2D eigenvalue weighted by Crippen LogP contribution is 2.23. The molecule has 6 nitrogen and oxygen atoms in total. The minimum Gasteiger partial charge on any atom is -0.406 e. The highest BCUT2D eigenvalue weighted by Gasteiger charge is 2.31. The van der Waals surface area contributed by atoms with Crippen LogP contribution in [0.2, 0.25) is 0 Å². The quantitative estimate of drug-likeness (QED) is 0.360. The van der Waals surface area contributed by atoms with Gasteiger partial charge >= 0.3 is 6.36 Å². The minimum absolute atomic E-state index is 0.0204. The van der Waals surface area contributed by atoms with E-state index in [1.54, 1.807) is 6.07 Å². The molecule has 0 aliphatic carbocycles. The first-order valence-electron chi connectivity index (χ1n) is 10.5. The van der Waals surface area contributed by atoms with E-state index in [-0.39, 0.29) is 22.6 Å². The molecule has 3 N–H and O–H groups in total. The fourth-order valence-electron chi connectivity index (χ4n) is 3.41. The highest BCUT2D eigenvalue weighted by atomic mass is 32.1. The lowest BCUT2D eigenvalue weighted by atomic mass is 9.93. The predicted octanol–water partition coefficient (Wildman–Crippen LogP) is 5.84. The van der Waals surface area contributed by atoms with E-state index < -0.39 is 12.3 Å². The van der Waals surface area contributed by atoms with E-state index in [4.69, 9.17) is 12.2 Å². The number of rotatable bonds is 11. The number of carbonyl (C=O) groups is 1. The van der Waals surface area contributed by atoms with Crippen molar-refractivity contribution < 1.29 is 22.7 Å². The van der Waals surface area contributed by atoms with Gasteiger partial charge in [0.25, 0.3) is 5.91 Å². The first-order valence-corrected chi connectivity index (χ1v) is 10.9. The van der Waals surface area contributed by atoms with Gasteiger partial charge in [0.2, 0.25) is 5.95 Å². The lowest BCUT2D eigenvalue weighted by Gasteiger charge is -2.19. The number of benzene rings is 1. The predicted molar refractivity (Wildman–Crippen MR) is 120 cm³/mol. The first kappa shape index (κ1) is 25.6. The van der Waals surface area contributed by atoms with Crippen LogP contribution in [-0.2, 0) is 6.54 Å². The molecule has 1 aromatic heterocycles. The Kier molecular flexibility index (Phi) is 9.49. The van der Waals surface area contributed by atoms with Gasteiger partial charge in [0.15, 0.2) is 0 Å². The van der Waals surface area contributed by atoms with Gasteiger partial charge in [-0.3, -0.25) is 4.79 Å². The SMILES string of the molecule is CCCC(CNc1nc(=S)cc(C(=O)NCc2cccc(OC(F)(F)F)c2)[nH]1)CC(C)C. The van der Waals surface area contributed by atoms with Crippen molar-refractivity contribution in [2.75, 3.05) is 11.9 Å². The number of halogens is 3. The van der Waals surface area contributed by atoms with Crippen LogP contribution in [0.25, 0.3) is 0 Å². The van der Waals surface area contributed by atoms with Crippen LogP contribution >= 0.6 is 12.2 Å². The maximum absolute atomic E-state index is 12.6. The molecule has 10 heteroatoms. The van der Waals surface area contributed by atoms with Gasteiger partial charge in [-0.1, -0.05) is 51.5 Å². The van der Waals surface area contributed by atoms with E-state index in [0.717, 1.165) is 19.3 Å². The van der Waals surface area contributed by atoms with E-state index in [1.807, 2.05) is 0 Å². The fraction of sp³-hybridized carbons (Fsp3) is 0.500. The second-order valence-corrected chi connectivity index (χ2v) is 8.44. The molecule has 0 saturated carbocycles. The summed E-state index contributed by atoms with van der Waals surface area (Å²) < 4.78 is 41.3. The van der Waals surface area contributed by atoms with Gasteiger partial charge in [0.1, 0.15) is 16.1 Å². The lowest BCUT2D eigenvalue weighted by Crippen LogP contribution is -2.25. The minimum atomic E-state index is -4.78. The van der Waals surface area contributed by atoms with Gasteiger partial charge < -0.3 is 20.4 Å². The Morgan fingerprint density at radius 1 is 1.28 bits per heavy atom. The number of H-pyrrole nitrogens is 1. The zero-order valence-corrected chi connectivity index (χ0v) is 19.2. The van der Waals surface area contributed by atoms with Crippen molar-refractivity contribution in [3.05, 3.63) is 46.2 Å². The molecule has 176 valence electrons. The molecule has 1 heterocycles. The molecule has 1 atom stereocenters. The summed E-state index contributed by atoms with van der Waals surface area (Å²) in [5.74, 6) is 0.676. The summed E-state index contributed by atoms with van der Waals surface area (Å²) in [7, 11) is 0. The van der Waals surface area contributed by atoms with Crippen molar-refractivity contribution >= 4 is 24.1 Å². The summed E-state index contributed by atoms with van der Waals surface area (Å²) in [6.45, 7) is 7.25. The van der Waals surface area contributed by atoms with Crippen molar-refractivity contribution in [1.82, 2.24) is 15.3 Å². The second-order valence-electron chi connectivity index (χ2n) is 8.02. The molecule has 0 bridgehead atoms. The van der Waals surface area contributed by atoms with Crippen LogP contribution in [0.3, 0.4) is 0 Å². The van der Waals surface area contributed by atoms with Crippen molar-refractivity contribution in [1.29, 1.82) is 0 Å². The zero-order valence-electron chi connectivity index (χ0n) is 18.4. The van der Waals surface area contributed by atoms with Crippen LogP contribution in [0, 0.1) is 16.5 Å². The molecule has 0 saturated heterocycles. The molecule has 0 radical (unpaired) electrons. The molecule has 0 fully saturated rings. The molecule has 2 aromatic rings. The van der Waals surface area contributed by atoms with Gasteiger partial charge in [-0.05, 0) is 42.4 Å². The highest BCUT2D eigenvalue weighted by molar-refractivity contribution is 7.71. The van der Waals surface area contributed by atoms with Crippen molar-refractivity contribution in [2.45, 2.75) is 52.9 Å².